The molecule has 336 valence electrons. The van der Waals surface area contributed by atoms with Gasteiger partial charge in [0.05, 0.1) is 21.9 Å². The Morgan fingerprint density at radius 2 is 0.792 bits per heavy atom. The third kappa shape index (κ3) is 5.16. The number of anilines is 3. The predicted octanol–water partition coefficient (Wildman–Crippen LogP) is 17.5. The molecule has 0 fully saturated rings. The molecule has 2 aliphatic heterocycles. The molecular formula is C68H42N2OS. The van der Waals surface area contributed by atoms with Crippen molar-refractivity contribution in [2.24, 2.45) is 0 Å². The van der Waals surface area contributed by atoms with Gasteiger partial charge in [-0.1, -0.05) is 182 Å². The molecule has 0 atom stereocenters. The van der Waals surface area contributed by atoms with E-state index in [1.54, 1.807) is 0 Å². The summed E-state index contributed by atoms with van der Waals surface area (Å²) in [5.41, 5.74) is 20.8. The zero-order valence-electron chi connectivity index (χ0n) is 39.0. The van der Waals surface area contributed by atoms with Crippen LogP contribution in [0.1, 0.15) is 44.5 Å². The summed E-state index contributed by atoms with van der Waals surface area (Å²) < 4.78 is 9.17. The van der Waals surface area contributed by atoms with Crippen LogP contribution in [-0.4, -0.2) is 4.57 Å². The van der Waals surface area contributed by atoms with Gasteiger partial charge in [-0.3, -0.25) is 0 Å². The first-order chi connectivity index (χ1) is 35.7. The smallest absolute Gasteiger partial charge is 0.132 e. The largest absolute Gasteiger partial charge is 0.457 e. The van der Waals surface area contributed by atoms with Crippen molar-refractivity contribution >= 4 is 50.6 Å². The van der Waals surface area contributed by atoms with Gasteiger partial charge >= 0.3 is 0 Å². The van der Waals surface area contributed by atoms with Crippen LogP contribution < -0.4 is 9.64 Å². The molecule has 0 radical (unpaired) electrons. The van der Waals surface area contributed by atoms with Gasteiger partial charge in [0.15, 0.2) is 0 Å². The number of rotatable bonds is 4. The Labute approximate surface area is 421 Å². The molecule has 3 heterocycles. The van der Waals surface area contributed by atoms with E-state index in [0.717, 1.165) is 45.4 Å². The van der Waals surface area contributed by atoms with Gasteiger partial charge in [0, 0.05) is 54.4 Å². The first kappa shape index (κ1) is 40.0. The summed E-state index contributed by atoms with van der Waals surface area (Å²) in [4.78, 5) is 5.11. The maximum absolute atomic E-state index is 6.77. The van der Waals surface area contributed by atoms with Crippen molar-refractivity contribution in [1.82, 2.24) is 4.57 Å². The Bertz CT molecular complexity index is 4170. The van der Waals surface area contributed by atoms with E-state index in [9.17, 15) is 0 Å². The molecule has 16 rings (SSSR count). The number of hydrogen-bond acceptors (Lipinski definition) is 3. The highest BCUT2D eigenvalue weighted by Crippen LogP contribution is 2.65. The molecule has 12 aromatic rings. The van der Waals surface area contributed by atoms with Crippen molar-refractivity contribution in [2.45, 2.75) is 20.6 Å². The second kappa shape index (κ2) is 14.8. The van der Waals surface area contributed by atoms with Crippen LogP contribution >= 0.6 is 11.8 Å². The highest BCUT2D eigenvalue weighted by Gasteiger charge is 2.52. The lowest BCUT2D eigenvalue weighted by Crippen LogP contribution is -2.32. The minimum atomic E-state index is -0.616. The van der Waals surface area contributed by atoms with Gasteiger partial charge in [0.2, 0.25) is 0 Å². The predicted molar refractivity (Wildman–Crippen MR) is 294 cm³/mol. The molecule has 0 unspecified atom stereocenters. The third-order valence-electron chi connectivity index (χ3n) is 16.1. The monoisotopic (exact) mass is 934 g/mol. The summed E-state index contributed by atoms with van der Waals surface area (Å²) in [6.45, 7) is 0. The van der Waals surface area contributed by atoms with Crippen LogP contribution in [0.15, 0.2) is 265 Å². The van der Waals surface area contributed by atoms with E-state index in [-0.39, 0.29) is 0 Å². The SMILES string of the molecule is c1ccc(-n2c3ccccc3c3cc(N(c4ccc5c(c4)-c4ccccc4C54c5ccccc5Sc5ccccc54)c4ccc5c(c4)C4(c6ccccc6Oc6ccccc64)c4ccccc4-5)ccc32)cc1. The maximum atomic E-state index is 6.77. The minimum absolute atomic E-state index is 0.471. The Morgan fingerprint density at radius 3 is 1.50 bits per heavy atom. The highest BCUT2D eigenvalue weighted by atomic mass is 32.2. The molecule has 11 aromatic carbocycles. The molecular weight excluding hydrogens is 893 g/mol. The van der Waals surface area contributed by atoms with E-state index in [4.69, 9.17) is 4.74 Å². The van der Waals surface area contributed by atoms with E-state index in [2.05, 4.69) is 264 Å². The summed E-state index contributed by atoms with van der Waals surface area (Å²) >= 11 is 1.89. The van der Waals surface area contributed by atoms with E-state index in [0.29, 0.717) is 0 Å². The van der Waals surface area contributed by atoms with Gasteiger partial charge in [-0.2, -0.15) is 0 Å². The fourth-order valence-corrected chi connectivity index (χ4v) is 14.6. The molecule has 2 aliphatic carbocycles. The third-order valence-corrected chi connectivity index (χ3v) is 17.3. The normalized spacial score (nSPS) is 14.4. The molecule has 4 aliphatic rings. The Balaban J connectivity index is 0.980. The number of benzene rings is 11. The summed E-state index contributed by atoms with van der Waals surface area (Å²) in [5, 5.41) is 2.42. The average molecular weight is 935 g/mol. The zero-order chi connectivity index (χ0) is 47.1. The molecule has 4 heteroatoms. The highest BCUT2D eigenvalue weighted by molar-refractivity contribution is 7.99. The fourth-order valence-electron chi connectivity index (χ4n) is 13.4. The Kier molecular flexibility index (Phi) is 8.24. The van der Waals surface area contributed by atoms with Crippen LogP contribution in [0.4, 0.5) is 17.1 Å². The molecule has 0 amide bonds. The molecule has 2 spiro atoms. The van der Waals surface area contributed by atoms with E-state index < -0.39 is 10.8 Å². The number of ether oxygens (including phenoxy) is 1. The van der Waals surface area contributed by atoms with Gasteiger partial charge in [-0.15, -0.1) is 0 Å². The lowest BCUT2D eigenvalue weighted by atomic mass is 9.66. The fraction of sp³-hybridized carbons (Fsp3) is 0.0294. The van der Waals surface area contributed by atoms with E-state index in [1.165, 1.54) is 87.2 Å². The van der Waals surface area contributed by atoms with Gasteiger partial charge < -0.3 is 14.2 Å². The second-order valence-corrected chi connectivity index (χ2v) is 20.5. The van der Waals surface area contributed by atoms with E-state index >= 15 is 0 Å². The maximum Gasteiger partial charge on any atom is 0.132 e. The first-order valence-corrected chi connectivity index (χ1v) is 25.6. The van der Waals surface area contributed by atoms with Crippen LogP contribution in [0.5, 0.6) is 11.5 Å². The van der Waals surface area contributed by atoms with Crippen molar-refractivity contribution in [3.05, 3.63) is 299 Å². The van der Waals surface area contributed by atoms with Gasteiger partial charge in [-0.25, -0.2) is 0 Å². The van der Waals surface area contributed by atoms with Crippen LogP contribution in [0.2, 0.25) is 0 Å². The van der Waals surface area contributed by atoms with Crippen molar-refractivity contribution in [2.75, 3.05) is 4.90 Å². The number of aromatic nitrogens is 1. The topological polar surface area (TPSA) is 17.4 Å². The van der Waals surface area contributed by atoms with Gasteiger partial charge in [0.25, 0.3) is 0 Å². The van der Waals surface area contributed by atoms with Gasteiger partial charge in [-0.05, 0) is 141 Å². The van der Waals surface area contributed by atoms with Gasteiger partial charge in [0.1, 0.15) is 11.5 Å². The Morgan fingerprint density at radius 1 is 0.319 bits per heavy atom. The Hall–Kier alpha value is -8.83. The van der Waals surface area contributed by atoms with Crippen LogP contribution in [0.3, 0.4) is 0 Å². The molecule has 0 saturated heterocycles. The van der Waals surface area contributed by atoms with Crippen molar-refractivity contribution in [3.8, 4) is 39.4 Å². The number of para-hydroxylation sites is 4. The summed E-state index contributed by atoms with van der Waals surface area (Å²) in [5.74, 6) is 1.77. The van der Waals surface area contributed by atoms with Crippen molar-refractivity contribution < 1.29 is 4.74 Å². The van der Waals surface area contributed by atoms with Crippen LogP contribution in [-0.2, 0) is 10.8 Å². The molecule has 72 heavy (non-hydrogen) atoms. The summed E-state index contributed by atoms with van der Waals surface area (Å²) in [7, 11) is 0. The van der Waals surface area contributed by atoms with E-state index in [1.807, 2.05) is 11.8 Å². The molecule has 0 bridgehead atoms. The standard InChI is InChI=1S/C68H42N2OS/c1-2-18-43(19-3-1)70-61-29-13-6-22-50(61)52-41-45(36-39-62(52)70)69(44-35-38-55-51(40-44)48-21-5-8-24-54(48)67(55)58-27-11-16-32-65(58)72-66-33-17-12-28-59(66)67)46-34-37-49-47-20-4-7-23-53(47)68(60(49)42-46)56-25-9-14-30-63(56)71-64-31-15-10-26-57(64)68/h1-42H. The zero-order valence-corrected chi connectivity index (χ0v) is 39.8. The number of fused-ring (bicyclic) bond motifs is 21. The lowest BCUT2D eigenvalue weighted by molar-refractivity contribution is 0.436. The van der Waals surface area contributed by atoms with Crippen molar-refractivity contribution in [3.63, 3.8) is 0 Å². The molecule has 0 saturated carbocycles. The average Bonchev–Trinajstić information content (AvgIpc) is 4.04. The van der Waals surface area contributed by atoms with Crippen LogP contribution in [0, 0.1) is 0 Å². The number of nitrogens with zero attached hydrogens (tertiary/aromatic N) is 2. The molecule has 3 nitrogen and oxygen atoms in total. The lowest BCUT2D eigenvalue weighted by Gasteiger charge is -2.40. The molecule has 1 aromatic heterocycles. The molecule has 0 N–H and O–H groups in total. The number of hydrogen-bond donors (Lipinski definition) is 0. The van der Waals surface area contributed by atoms with Crippen molar-refractivity contribution in [1.29, 1.82) is 0 Å². The first-order valence-electron chi connectivity index (χ1n) is 24.8. The second-order valence-electron chi connectivity index (χ2n) is 19.5. The summed E-state index contributed by atoms with van der Waals surface area (Å²) in [6.07, 6.45) is 0. The minimum Gasteiger partial charge on any atom is -0.457 e. The van der Waals surface area contributed by atoms with Crippen LogP contribution in [0.25, 0.3) is 49.7 Å². The summed E-state index contributed by atoms with van der Waals surface area (Å²) in [6, 6.07) is 94.7. The quantitative estimate of drug-likeness (QED) is 0.175.